The summed E-state index contributed by atoms with van der Waals surface area (Å²) in [4.78, 5) is 47.4. The van der Waals surface area contributed by atoms with Crippen LogP contribution in [0.15, 0.2) is 91.0 Å². The number of hydrogen-bond acceptors (Lipinski definition) is 5. The van der Waals surface area contributed by atoms with Crippen LogP contribution in [-0.4, -0.2) is 96.0 Å². The van der Waals surface area contributed by atoms with Crippen molar-refractivity contribution < 1.29 is 19.1 Å². The number of likely N-dealkylation sites (N-methyl/N-ethyl adjacent to an activating group) is 1. The van der Waals surface area contributed by atoms with Gasteiger partial charge in [-0.3, -0.25) is 9.69 Å². The van der Waals surface area contributed by atoms with Crippen molar-refractivity contribution >= 4 is 17.9 Å². The summed E-state index contributed by atoms with van der Waals surface area (Å²) in [6.45, 7) is 7.64. The molecular weight excluding hydrogens is 540 g/mol. The quantitative estimate of drug-likeness (QED) is 0.223. The molecule has 8 nitrogen and oxygen atoms in total. The SMILES string of the molecule is COC(=O)C(C(C)C)N(C)C(=O)N1CCN(C(=O)C2C[N@]2C(c2ccccc2)(c2ccccc2)c2ccccc2)[C@H](C)C1. The number of benzene rings is 3. The number of ether oxygens (including phenoxy) is 1. The lowest BCUT2D eigenvalue weighted by Gasteiger charge is -2.43. The Kier molecular flexibility index (Phi) is 8.87. The molecule has 8 heteroatoms. The number of carbonyl (C=O) groups excluding carboxylic acids is 3. The predicted molar refractivity (Wildman–Crippen MR) is 166 cm³/mol. The Bertz CT molecular complexity index is 1320. The third kappa shape index (κ3) is 5.64. The highest BCUT2D eigenvalue weighted by atomic mass is 16.5. The normalized spacial score (nSPS) is 20.8. The van der Waals surface area contributed by atoms with Gasteiger partial charge in [0.1, 0.15) is 12.1 Å². The molecule has 3 aromatic rings. The van der Waals surface area contributed by atoms with Crippen LogP contribution in [0.25, 0.3) is 0 Å². The van der Waals surface area contributed by atoms with Crippen LogP contribution in [0.2, 0.25) is 0 Å². The van der Waals surface area contributed by atoms with Gasteiger partial charge in [0.15, 0.2) is 0 Å². The molecule has 0 spiro atoms. The molecule has 3 amide bonds. The van der Waals surface area contributed by atoms with Gasteiger partial charge < -0.3 is 19.4 Å². The summed E-state index contributed by atoms with van der Waals surface area (Å²) in [6, 6.07) is 29.8. The summed E-state index contributed by atoms with van der Waals surface area (Å²) in [5, 5.41) is 0. The topological polar surface area (TPSA) is 73.2 Å². The van der Waals surface area contributed by atoms with Crippen LogP contribution in [0.1, 0.15) is 37.5 Å². The Hall–Kier alpha value is -4.17. The minimum Gasteiger partial charge on any atom is -0.467 e. The molecule has 2 aliphatic rings. The minimum absolute atomic E-state index is 0.0785. The molecule has 2 heterocycles. The molecule has 5 rings (SSSR count). The molecule has 0 saturated carbocycles. The van der Waals surface area contributed by atoms with E-state index >= 15 is 0 Å². The van der Waals surface area contributed by atoms with E-state index in [9.17, 15) is 14.4 Å². The Morgan fingerprint density at radius 1 is 0.814 bits per heavy atom. The summed E-state index contributed by atoms with van der Waals surface area (Å²) in [5.74, 6) is -0.448. The van der Waals surface area contributed by atoms with Crippen molar-refractivity contribution in [2.75, 3.05) is 40.3 Å². The van der Waals surface area contributed by atoms with Gasteiger partial charge in [0, 0.05) is 39.3 Å². The number of carbonyl (C=O) groups is 3. The standard InChI is InChI=1S/C35H42N4O4/c1-25(2)31(33(41)43-5)36(4)34(42)37-21-22-38(26(3)23-37)32(40)30-24-39(30)35(27-15-9-6-10-16-27,28-17-11-7-12-18-28)29-19-13-8-14-20-29/h6-20,25-26,30-31H,21-24H2,1-5H3/t26-,30?,31?,39+/m1/s1. The average molecular weight is 583 g/mol. The molecule has 226 valence electrons. The van der Waals surface area contributed by atoms with Gasteiger partial charge in [0.05, 0.1) is 12.6 Å². The predicted octanol–water partition coefficient (Wildman–Crippen LogP) is 4.44. The van der Waals surface area contributed by atoms with Crippen LogP contribution in [0.5, 0.6) is 0 Å². The molecule has 43 heavy (non-hydrogen) atoms. The Morgan fingerprint density at radius 3 is 1.72 bits per heavy atom. The van der Waals surface area contributed by atoms with E-state index in [4.69, 9.17) is 4.74 Å². The number of hydrogen-bond donors (Lipinski definition) is 0. The van der Waals surface area contributed by atoms with Gasteiger partial charge >= 0.3 is 12.0 Å². The van der Waals surface area contributed by atoms with Gasteiger partial charge in [-0.25, -0.2) is 9.59 Å². The zero-order chi connectivity index (χ0) is 30.7. The fourth-order valence-corrected chi connectivity index (χ4v) is 6.75. The van der Waals surface area contributed by atoms with Crippen LogP contribution >= 0.6 is 0 Å². The van der Waals surface area contributed by atoms with Crippen LogP contribution in [0.4, 0.5) is 4.79 Å². The van der Waals surface area contributed by atoms with E-state index < -0.39 is 17.6 Å². The molecule has 4 atom stereocenters. The van der Waals surface area contributed by atoms with E-state index in [2.05, 4.69) is 77.7 Å². The fourth-order valence-electron chi connectivity index (χ4n) is 6.75. The molecule has 3 aromatic carbocycles. The fraction of sp³-hybridized carbons (Fsp3) is 0.400. The van der Waals surface area contributed by atoms with E-state index in [1.807, 2.05) is 43.9 Å². The highest BCUT2D eigenvalue weighted by Gasteiger charge is 2.57. The number of piperazine rings is 1. The number of urea groups is 1. The van der Waals surface area contributed by atoms with Crippen molar-refractivity contribution in [2.24, 2.45) is 5.92 Å². The van der Waals surface area contributed by atoms with Gasteiger partial charge in [0.2, 0.25) is 5.91 Å². The molecule has 0 aliphatic carbocycles. The lowest BCUT2D eigenvalue weighted by Crippen LogP contribution is -2.60. The summed E-state index contributed by atoms with van der Waals surface area (Å²) in [5.41, 5.74) is 2.70. The lowest BCUT2D eigenvalue weighted by molar-refractivity contribution is -0.147. The zero-order valence-corrected chi connectivity index (χ0v) is 25.7. The highest BCUT2D eigenvalue weighted by Crippen LogP contribution is 2.48. The van der Waals surface area contributed by atoms with Gasteiger partial charge in [-0.2, -0.15) is 0 Å². The Labute approximate surface area is 254 Å². The maximum absolute atomic E-state index is 14.2. The average Bonchev–Trinajstić information content (AvgIpc) is 3.83. The maximum Gasteiger partial charge on any atom is 0.328 e. The summed E-state index contributed by atoms with van der Waals surface area (Å²) in [6.07, 6.45) is 0. The molecule has 2 saturated heterocycles. The first-order valence-corrected chi connectivity index (χ1v) is 15.0. The van der Waals surface area contributed by atoms with Crippen LogP contribution in [0.3, 0.4) is 0 Å². The van der Waals surface area contributed by atoms with Gasteiger partial charge in [0.25, 0.3) is 0 Å². The third-order valence-electron chi connectivity index (χ3n) is 8.88. The summed E-state index contributed by atoms with van der Waals surface area (Å²) < 4.78 is 4.96. The summed E-state index contributed by atoms with van der Waals surface area (Å²) in [7, 11) is 2.98. The van der Waals surface area contributed by atoms with E-state index in [1.54, 1.807) is 11.9 Å². The maximum atomic E-state index is 14.2. The monoisotopic (exact) mass is 582 g/mol. The van der Waals surface area contributed by atoms with Crippen molar-refractivity contribution in [1.29, 1.82) is 0 Å². The number of amides is 3. The second kappa shape index (κ2) is 12.6. The molecule has 0 N–H and O–H groups in total. The molecule has 2 unspecified atom stereocenters. The van der Waals surface area contributed by atoms with E-state index in [1.165, 1.54) is 12.0 Å². The van der Waals surface area contributed by atoms with Gasteiger partial charge in [-0.1, -0.05) is 105 Å². The number of esters is 1. The highest BCUT2D eigenvalue weighted by molar-refractivity contribution is 5.87. The molecule has 2 fully saturated rings. The Balaban J connectivity index is 1.38. The molecule has 2 aliphatic heterocycles. The lowest BCUT2D eigenvalue weighted by atomic mass is 9.76. The molecule has 0 aromatic heterocycles. The smallest absolute Gasteiger partial charge is 0.328 e. The van der Waals surface area contributed by atoms with Crippen LogP contribution in [-0.2, 0) is 19.9 Å². The van der Waals surface area contributed by atoms with Crippen molar-refractivity contribution in [2.45, 2.75) is 44.4 Å². The number of nitrogens with zero attached hydrogens (tertiary/aromatic N) is 4. The second-order valence-corrected chi connectivity index (χ2v) is 11.9. The van der Waals surface area contributed by atoms with Crippen molar-refractivity contribution in [1.82, 2.24) is 19.6 Å². The zero-order valence-electron chi connectivity index (χ0n) is 25.7. The van der Waals surface area contributed by atoms with Crippen LogP contribution < -0.4 is 0 Å². The first kappa shape index (κ1) is 30.3. The van der Waals surface area contributed by atoms with Gasteiger partial charge in [-0.15, -0.1) is 0 Å². The van der Waals surface area contributed by atoms with Crippen molar-refractivity contribution in [3.63, 3.8) is 0 Å². The van der Waals surface area contributed by atoms with Crippen molar-refractivity contribution in [3.8, 4) is 0 Å². The second-order valence-electron chi connectivity index (χ2n) is 11.9. The number of rotatable bonds is 8. The minimum atomic E-state index is -0.672. The van der Waals surface area contributed by atoms with E-state index in [0.29, 0.717) is 26.2 Å². The first-order chi connectivity index (χ1) is 20.7. The first-order valence-electron chi connectivity index (χ1n) is 15.0. The molecule has 0 radical (unpaired) electrons. The third-order valence-corrected chi connectivity index (χ3v) is 8.88. The Morgan fingerprint density at radius 2 is 1.30 bits per heavy atom. The summed E-state index contributed by atoms with van der Waals surface area (Å²) >= 11 is 0. The number of methoxy groups -OCH3 is 1. The van der Waals surface area contributed by atoms with Gasteiger partial charge in [-0.05, 0) is 29.5 Å². The molecule has 0 bridgehead atoms. The van der Waals surface area contributed by atoms with E-state index in [-0.39, 0.29) is 29.9 Å². The largest absolute Gasteiger partial charge is 0.467 e. The van der Waals surface area contributed by atoms with Crippen LogP contribution in [0, 0.1) is 5.92 Å². The van der Waals surface area contributed by atoms with E-state index in [0.717, 1.165) is 16.7 Å². The van der Waals surface area contributed by atoms with Crippen molar-refractivity contribution in [3.05, 3.63) is 108 Å². The molecular formula is C35H42N4O4.